The van der Waals surface area contributed by atoms with Crippen LogP contribution in [0, 0.1) is 29.6 Å². The van der Waals surface area contributed by atoms with Gasteiger partial charge in [-0.05, 0) is 35.7 Å². The third kappa shape index (κ3) is 1.00. The molecule has 0 amide bonds. The van der Waals surface area contributed by atoms with Crippen LogP contribution >= 0.6 is 0 Å². The first-order valence-corrected chi connectivity index (χ1v) is 7.11. The lowest BCUT2D eigenvalue weighted by Gasteiger charge is -2.57. The molecule has 2 unspecified atom stereocenters. The van der Waals surface area contributed by atoms with E-state index in [1.807, 2.05) is 30.3 Å². The van der Waals surface area contributed by atoms with E-state index in [1.165, 1.54) is 7.11 Å². The molecule has 0 N–H and O–H groups in total. The van der Waals surface area contributed by atoms with Crippen LogP contribution in [0.1, 0.15) is 12.0 Å². The minimum atomic E-state index is -0.816. The highest BCUT2D eigenvalue weighted by Gasteiger charge is 2.85. The Hall–Kier alpha value is -1.35. The summed E-state index contributed by atoms with van der Waals surface area (Å²) in [6.45, 7) is 0. The molecule has 2 bridgehead atoms. The number of methoxy groups -OCH3 is 1. The lowest BCUT2D eigenvalue weighted by molar-refractivity contribution is -0.295. The summed E-state index contributed by atoms with van der Waals surface area (Å²) in [7, 11) is 1.46. The second kappa shape index (κ2) is 3.04. The molecule has 5 fully saturated rings. The van der Waals surface area contributed by atoms with Gasteiger partial charge in [-0.15, -0.1) is 0 Å². The van der Waals surface area contributed by atoms with Crippen LogP contribution in [0.4, 0.5) is 0 Å². The maximum Gasteiger partial charge on any atom is 0.343 e. The number of ether oxygens (including phenoxy) is 2. The lowest BCUT2D eigenvalue weighted by atomic mass is 9.61. The Balaban J connectivity index is 1.60. The summed E-state index contributed by atoms with van der Waals surface area (Å²) in [6, 6.07) is 9.89. The summed E-state index contributed by atoms with van der Waals surface area (Å²) in [4.78, 5) is 12.4. The Morgan fingerprint density at radius 3 is 2.68 bits per heavy atom. The molecular formula is C16H16O3. The number of esters is 1. The number of rotatable bonds is 2. The summed E-state index contributed by atoms with van der Waals surface area (Å²) in [5.74, 6) is 3.57. The Bertz CT molecular complexity index is 557. The van der Waals surface area contributed by atoms with E-state index in [0.29, 0.717) is 5.92 Å². The fraction of sp³-hybridized carbons (Fsp3) is 0.562. The second-order valence-electron chi connectivity index (χ2n) is 6.41. The lowest BCUT2D eigenvalue weighted by Crippen LogP contribution is -2.66. The molecule has 1 saturated heterocycles. The molecule has 4 aliphatic carbocycles. The first kappa shape index (κ1) is 10.4. The third-order valence-corrected chi connectivity index (χ3v) is 5.86. The molecule has 3 nitrogen and oxygen atoms in total. The normalized spacial score (nSPS) is 51.4. The number of hydrogen-bond acceptors (Lipinski definition) is 3. The molecule has 1 aromatic carbocycles. The van der Waals surface area contributed by atoms with E-state index in [9.17, 15) is 4.79 Å². The molecule has 5 atom stereocenters. The van der Waals surface area contributed by atoms with E-state index in [2.05, 4.69) is 0 Å². The highest BCUT2D eigenvalue weighted by Crippen LogP contribution is 2.84. The first-order chi connectivity index (χ1) is 9.29. The van der Waals surface area contributed by atoms with Crippen molar-refractivity contribution in [1.82, 2.24) is 0 Å². The van der Waals surface area contributed by atoms with Gasteiger partial charge in [-0.2, -0.15) is 0 Å². The van der Waals surface area contributed by atoms with Crippen molar-refractivity contribution in [2.24, 2.45) is 29.6 Å². The largest absolute Gasteiger partial charge is 0.467 e. The van der Waals surface area contributed by atoms with Gasteiger partial charge in [0.25, 0.3) is 0 Å². The second-order valence-corrected chi connectivity index (χ2v) is 6.41. The number of carbonyl (C=O) groups is 1. The van der Waals surface area contributed by atoms with Gasteiger partial charge in [0.15, 0.2) is 5.60 Å². The highest BCUT2D eigenvalue weighted by atomic mass is 16.6. The summed E-state index contributed by atoms with van der Waals surface area (Å²) >= 11 is 0. The molecule has 0 radical (unpaired) electrons. The fourth-order valence-corrected chi connectivity index (χ4v) is 4.99. The van der Waals surface area contributed by atoms with Crippen molar-refractivity contribution in [2.75, 3.05) is 7.11 Å². The van der Waals surface area contributed by atoms with Crippen molar-refractivity contribution in [3.05, 3.63) is 35.9 Å². The number of carbonyl (C=O) groups excluding carboxylic acids is 1. The minimum absolute atomic E-state index is 0.218. The van der Waals surface area contributed by atoms with E-state index in [0.717, 1.165) is 35.7 Å². The molecule has 98 valence electrons. The predicted molar refractivity (Wildman–Crippen MR) is 67.1 cm³/mol. The smallest absolute Gasteiger partial charge is 0.343 e. The van der Waals surface area contributed by atoms with Crippen molar-refractivity contribution in [3.63, 3.8) is 0 Å². The van der Waals surface area contributed by atoms with Crippen LogP contribution in [0.25, 0.3) is 0 Å². The number of benzene rings is 1. The number of hydrogen-bond donors (Lipinski definition) is 0. The third-order valence-electron chi connectivity index (χ3n) is 5.86. The van der Waals surface area contributed by atoms with Crippen LogP contribution in [-0.4, -0.2) is 19.2 Å². The molecule has 1 aromatic rings. The Morgan fingerprint density at radius 2 is 2.00 bits per heavy atom. The van der Waals surface area contributed by atoms with E-state index in [-0.39, 0.29) is 12.1 Å². The van der Waals surface area contributed by atoms with Crippen LogP contribution in [0.15, 0.2) is 30.3 Å². The summed E-state index contributed by atoms with van der Waals surface area (Å²) in [6.07, 6.45) is 1.44. The van der Waals surface area contributed by atoms with E-state index in [4.69, 9.17) is 9.47 Å². The quantitative estimate of drug-likeness (QED) is 0.759. The molecule has 19 heavy (non-hydrogen) atoms. The van der Waals surface area contributed by atoms with E-state index >= 15 is 0 Å². The molecule has 5 aliphatic rings. The van der Waals surface area contributed by atoms with Gasteiger partial charge in [-0.25, -0.2) is 4.79 Å². The summed E-state index contributed by atoms with van der Waals surface area (Å²) < 4.78 is 11.2. The van der Waals surface area contributed by atoms with Crippen molar-refractivity contribution < 1.29 is 14.3 Å². The van der Waals surface area contributed by atoms with E-state index in [1.54, 1.807) is 0 Å². The van der Waals surface area contributed by atoms with Crippen LogP contribution in [-0.2, 0) is 19.9 Å². The van der Waals surface area contributed by atoms with Crippen LogP contribution < -0.4 is 0 Å². The van der Waals surface area contributed by atoms with Crippen molar-refractivity contribution >= 4 is 5.97 Å². The summed E-state index contributed by atoms with van der Waals surface area (Å²) in [5.41, 5.74) is 0.150. The summed E-state index contributed by atoms with van der Waals surface area (Å²) in [5, 5.41) is 0. The van der Waals surface area contributed by atoms with Gasteiger partial charge in [0.2, 0.25) is 0 Å². The molecular weight excluding hydrogens is 240 g/mol. The predicted octanol–water partition coefficient (Wildman–Crippen LogP) is 1.97. The van der Waals surface area contributed by atoms with Crippen LogP contribution in [0.3, 0.4) is 0 Å². The molecule has 1 heterocycles. The van der Waals surface area contributed by atoms with Gasteiger partial charge in [-0.1, -0.05) is 30.3 Å². The van der Waals surface area contributed by atoms with Gasteiger partial charge < -0.3 is 9.47 Å². The van der Waals surface area contributed by atoms with Crippen LogP contribution in [0.2, 0.25) is 0 Å². The molecule has 6 rings (SSSR count). The fourth-order valence-electron chi connectivity index (χ4n) is 4.99. The minimum Gasteiger partial charge on any atom is -0.467 e. The van der Waals surface area contributed by atoms with Gasteiger partial charge >= 0.3 is 5.97 Å². The standard InChI is InChI=1S/C16H16O3/c1-18-15(17)16(8-5-3-2-4-6-8)14-10(19-16)7-9-11-12(9)13(11)14/h2-6,9-14H,7H2,1H3/t9?,10-,11?,12?,13?,14-,16+/m0/s1. The van der Waals surface area contributed by atoms with Crippen molar-refractivity contribution in [3.8, 4) is 0 Å². The molecule has 1 aliphatic heterocycles. The topological polar surface area (TPSA) is 35.5 Å². The average Bonchev–Trinajstić information content (AvgIpc) is 3.32. The Morgan fingerprint density at radius 1 is 1.26 bits per heavy atom. The van der Waals surface area contributed by atoms with Crippen LogP contribution in [0.5, 0.6) is 0 Å². The van der Waals surface area contributed by atoms with Gasteiger partial charge in [-0.3, -0.25) is 0 Å². The molecule has 4 saturated carbocycles. The highest BCUT2D eigenvalue weighted by molar-refractivity contribution is 5.83. The first-order valence-electron chi connectivity index (χ1n) is 7.11. The SMILES string of the molecule is COC(=O)[C@]1(c2ccccc2)O[C@H]2CC3C4C3C4[C@H]21. The molecule has 0 spiro atoms. The molecule has 0 aromatic heterocycles. The zero-order valence-corrected chi connectivity index (χ0v) is 10.8. The van der Waals surface area contributed by atoms with Gasteiger partial charge in [0, 0.05) is 5.92 Å². The zero-order chi connectivity index (χ0) is 12.8. The monoisotopic (exact) mass is 256 g/mol. The Kier molecular flexibility index (Phi) is 1.67. The van der Waals surface area contributed by atoms with Gasteiger partial charge in [0.1, 0.15) is 0 Å². The van der Waals surface area contributed by atoms with E-state index < -0.39 is 5.60 Å². The maximum absolute atomic E-state index is 12.4. The maximum atomic E-state index is 12.4. The van der Waals surface area contributed by atoms with Gasteiger partial charge in [0.05, 0.1) is 13.2 Å². The zero-order valence-electron chi connectivity index (χ0n) is 10.8. The molecule has 3 heteroatoms. The Labute approximate surface area is 111 Å². The average molecular weight is 256 g/mol. The van der Waals surface area contributed by atoms with Crippen molar-refractivity contribution in [1.29, 1.82) is 0 Å². The van der Waals surface area contributed by atoms with Crippen molar-refractivity contribution in [2.45, 2.75) is 18.1 Å².